The van der Waals surface area contributed by atoms with E-state index < -0.39 is 60.2 Å². The number of fused-ring (bicyclic) bond motifs is 3. The van der Waals surface area contributed by atoms with Crippen molar-refractivity contribution in [2.24, 2.45) is 7.05 Å². The number of para-hydroxylation sites is 3. The fourth-order valence-electron chi connectivity index (χ4n) is 6.84. The highest BCUT2D eigenvalue weighted by atomic mass is 16.6. The van der Waals surface area contributed by atoms with Crippen molar-refractivity contribution in [1.82, 2.24) is 14.4 Å². The molecule has 6 aromatic rings. The maximum absolute atomic E-state index is 13.6. The summed E-state index contributed by atoms with van der Waals surface area (Å²) in [5.74, 6) is -3.29. The van der Waals surface area contributed by atoms with Crippen molar-refractivity contribution in [3.63, 3.8) is 0 Å². The number of hydrogen-bond donors (Lipinski definition) is 0. The van der Waals surface area contributed by atoms with Crippen molar-refractivity contribution in [2.45, 2.75) is 26.7 Å². The van der Waals surface area contributed by atoms with E-state index in [0.29, 0.717) is 22.0 Å². The van der Waals surface area contributed by atoms with E-state index in [0.717, 1.165) is 11.0 Å². The molecular weight excluding hydrogens is 835 g/mol. The van der Waals surface area contributed by atoms with Gasteiger partial charge in [-0.25, -0.2) is 28.8 Å². The molecule has 1 aliphatic carbocycles. The zero-order chi connectivity index (χ0) is 45.8. The van der Waals surface area contributed by atoms with Gasteiger partial charge in [0.15, 0.2) is 5.76 Å². The molecular formula is C46H39N3O15. The topological polar surface area (TPSA) is 220 Å². The predicted octanol–water partition coefficient (Wildman–Crippen LogP) is 5.87. The van der Waals surface area contributed by atoms with Crippen molar-refractivity contribution >= 4 is 57.6 Å². The van der Waals surface area contributed by atoms with E-state index in [4.69, 9.17) is 32.5 Å². The maximum Gasteiger partial charge on any atom is 0.415 e. The molecule has 0 atom stereocenters. The Kier molecular flexibility index (Phi) is 12.6. The first-order valence-electron chi connectivity index (χ1n) is 19.5. The summed E-state index contributed by atoms with van der Waals surface area (Å²) >= 11 is 0. The number of carbonyl (C=O) groups is 6. The average molecular weight is 874 g/mol. The number of rotatable bonds is 13. The largest absolute Gasteiger partial charge is 0.492 e. The number of nitrogens with zero attached hydrogens (tertiary/aromatic N) is 3. The van der Waals surface area contributed by atoms with Crippen molar-refractivity contribution in [3.05, 3.63) is 156 Å². The molecule has 1 aliphatic rings. The standard InChI is InChI=1S/C46H39N3O15/c1-25-32(37-38(49(25)4)33(50)21-36(58-5)39(37)51)24-61-45(56)47(2)17-18-48(3)46(57)64-40-28(22-59-41(52)30-19-26-11-6-8-15-34(26)62-43(30)54)13-10-14-29(40)23-60-42(53)31-20-27-12-7-9-16-35(27)63-44(31)55/h6-16,19-21H,17-18,22-24H2,1-5H3. The lowest BCUT2D eigenvalue weighted by atomic mass is 9.96. The van der Waals surface area contributed by atoms with Crippen molar-refractivity contribution in [1.29, 1.82) is 0 Å². The zero-order valence-corrected chi connectivity index (χ0v) is 35.1. The molecule has 0 bridgehead atoms. The number of esters is 2. The first-order valence-corrected chi connectivity index (χ1v) is 19.5. The molecule has 0 saturated heterocycles. The lowest BCUT2D eigenvalue weighted by Gasteiger charge is -2.23. The molecule has 64 heavy (non-hydrogen) atoms. The molecule has 3 aromatic heterocycles. The van der Waals surface area contributed by atoms with Gasteiger partial charge in [-0.15, -0.1) is 0 Å². The summed E-state index contributed by atoms with van der Waals surface area (Å²) < 4.78 is 39.5. The molecule has 0 aliphatic heterocycles. The molecule has 7 rings (SSSR count). The summed E-state index contributed by atoms with van der Waals surface area (Å²) in [6.07, 6.45) is -0.621. The Morgan fingerprint density at radius 3 is 1.72 bits per heavy atom. The lowest BCUT2D eigenvalue weighted by molar-refractivity contribution is 0.0463. The normalized spacial score (nSPS) is 12.0. The number of aromatic nitrogens is 1. The molecule has 0 saturated carbocycles. The number of ketones is 2. The minimum absolute atomic E-state index is 0.0588. The number of methoxy groups -OCH3 is 1. The highest BCUT2D eigenvalue weighted by Gasteiger charge is 2.34. The Hall–Kier alpha value is -8.28. The first kappa shape index (κ1) is 43.8. The van der Waals surface area contributed by atoms with Crippen LogP contribution < -0.4 is 16.0 Å². The van der Waals surface area contributed by atoms with Gasteiger partial charge in [-0.3, -0.25) is 9.59 Å². The zero-order valence-electron chi connectivity index (χ0n) is 35.1. The van der Waals surface area contributed by atoms with Gasteiger partial charge >= 0.3 is 35.4 Å². The fraction of sp³-hybridized carbons (Fsp3) is 0.217. The summed E-state index contributed by atoms with van der Waals surface area (Å²) in [4.78, 5) is 107. The number of benzene rings is 3. The van der Waals surface area contributed by atoms with Gasteiger partial charge in [0.25, 0.3) is 0 Å². The number of carbonyl (C=O) groups excluding carboxylic acids is 6. The average Bonchev–Trinajstić information content (AvgIpc) is 3.55. The number of amides is 2. The molecule has 18 heteroatoms. The smallest absolute Gasteiger partial charge is 0.415 e. The second kappa shape index (κ2) is 18.4. The van der Waals surface area contributed by atoms with Crippen LogP contribution in [0.3, 0.4) is 0 Å². The SMILES string of the molecule is COC1=CC(=O)c2c(c(COC(=O)N(C)CCN(C)C(=O)Oc3c(COC(=O)c4cc5ccccc5oc4=O)cccc3COC(=O)c3cc4ccccc4oc3=O)c(C)n2C)C1=O. The van der Waals surface area contributed by atoms with Gasteiger partial charge in [0, 0.05) is 73.5 Å². The predicted molar refractivity (Wildman–Crippen MR) is 225 cm³/mol. The molecule has 3 heterocycles. The molecule has 0 radical (unpaired) electrons. The van der Waals surface area contributed by atoms with Gasteiger partial charge in [-0.05, 0) is 31.2 Å². The maximum atomic E-state index is 13.6. The van der Waals surface area contributed by atoms with E-state index >= 15 is 0 Å². The van der Waals surface area contributed by atoms with Crippen LogP contribution in [0.2, 0.25) is 0 Å². The molecule has 2 amide bonds. The van der Waals surface area contributed by atoms with E-state index in [9.17, 15) is 38.4 Å². The molecule has 0 spiro atoms. The minimum Gasteiger partial charge on any atom is -0.492 e. The second-order valence-electron chi connectivity index (χ2n) is 14.5. The highest BCUT2D eigenvalue weighted by molar-refractivity contribution is 6.24. The van der Waals surface area contributed by atoms with E-state index in [1.54, 1.807) is 67.1 Å². The summed E-state index contributed by atoms with van der Waals surface area (Å²) in [6.45, 7) is 0.165. The molecule has 0 fully saturated rings. The van der Waals surface area contributed by atoms with Gasteiger partial charge in [-0.2, -0.15) is 0 Å². The van der Waals surface area contributed by atoms with E-state index in [-0.39, 0.29) is 75.9 Å². The van der Waals surface area contributed by atoms with Crippen LogP contribution in [0.4, 0.5) is 9.59 Å². The van der Waals surface area contributed by atoms with Crippen LogP contribution in [-0.2, 0) is 45.8 Å². The van der Waals surface area contributed by atoms with Crippen LogP contribution in [0.5, 0.6) is 5.75 Å². The molecule has 3 aromatic carbocycles. The number of likely N-dealkylation sites (N-methyl/N-ethyl adjacent to an activating group) is 2. The Balaban J connectivity index is 1.05. The molecule has 0 unspecified atom stereocenters. The third-order valence-corrected chi connectivity index (χ3v) is 10.5. The third kappa shape index (κ3) is 8.87. The number of ether oxygens (including phenoxy) is 5. The van der Waals surface area contributed by atoms with Crippen LogP contribution in [0.25, 0.3) is 21.9 Å². The van der Waals surface area contributed by atoms with E-state index in [1.165, 1.54) is 56.4 Å². The Labute approximate surface area is 362 Å². The summed E-state index contributed by atoms with van der Waals surface area (Å²) in [6, 6.07) is 20.3. The highest BCUT2D eigenvalue weighted by Crippen LogP contribution is 2.31. The Morgan fingerprint density at radius 2 is 1.19 bits per heavy atom. The van der Waals surface area contributed by atoms with Gasteiger partial charge in [0.05, 0.1) is 12.7 Å². The number of hydrogen-bond acceptors (Lipinski definition) is 15. The lowest BCUT2D eigenvalue weighted by Crippen LogP contribution is -2.39. The van der Waals surface area contributed by atoms with Crippen molar-refractivity contribution in [2.75, 3.05) is 34.3 Å². The Morgan fingerprint density at radius 1 is 0.672 bits per heavy atom. The number of allylic oxidation sites excluding steroid dienone is 2. The minimum atomic E-state index is -1.03. The van der Waals surface area contributed by atoms with Crippen LogP contribution in [0, 0.1) is 6.92 Å². The molecule has 328 valence electrons. The number of Topliss-reactive ketones (excluding diaryl/α,β-unsaturated/α-hetero) is 1. The monoisotopic (exact) mass is 873 g/mol. The second-order valence-corrected chi connectivity index (χ2v) is 14.5. The van der Waals surface area contributed by atoms with Crippen molar-refractivity contribution in [3.8, 4) is 5.75 Å². The van der Waals surface area contributed by atoms with Gasteiger partial charge in [-0.1, -0.05) is 54.6 Å². The van der Waals surface area contributed by atoms with Crippen LogP contribution in [0.1, 0.15) is 63.9 Å². The van der Waals surface area contributed by atoms with Crippen LogP contribution in [-0.4, -0.2) is 84.4 Å². The van der Waals surface area contributed by atoms with Crippen LogP contribution in [0.15, 0.2) is 109 Å². The summed E-state index contributed by atoms with van der Waals surface area (Å²) in [5, 5.41) is 0.958. The summed E-state index contributed by atoms with van der Waals surface area (Å²) in [7, 11) is 5.72. The third-order valence-electron chi connectivity index (χ3n) is 10.5. The first-order chi connectivity index (χ1) is 30.7. The van der Waals surface area contributed by atoms with Crippen LogP contribution >= 0.6 is 0 Å². The van der Waals surface area contributed by atoms with Gasteiger partial charge < -0.3 is 46.9 Å². The quantitative estimate of drug-likeness (QED) is 0.0753. The fourth-order valence-corrected chi connectivity index (χ4v) is 6.84. The van der Waals surface area contributed by atoms with Gasteiger partial charge in [0.2, 0.25) is 11.6 Å². The summed E-state index contributed by atoms with van der Waals surface area (Å²) in [5.41, 5.74) is -0.688. The van der Waals surface area contributed by atoms with E-state index in [1.807, 2.05) is 0 Å². The Bertz CT molecular complexity index is 2920. The molecule has 0 N–H and O–H groups in total. The van der Waals surface area contributed by atoms with Crippen molar-refractivity contribution < 1.29 is 61.3 Å². The van der Waals surface area contributed by atoms with Gasteiger partial charge in [0.1, 0.15) is 53.6 Å². The van der Waals surface area contributed by atoms with E-state index in [2.05, 4.69) is 0 Å². The molecule has 18 nitrogen and oxygen atoms in total.